The van der Waals surface area contributed by atoms with Crippen LogP contribution in [0.2, 0.25) is 5.02 Å². The second-order valence-corrected chi connectivity index (χ2v) is 4.55. The third kappa shape index (κ3) is 2.78. The van der Waals surface area contributed by atoms with E-state index in [0.29, 0.717) is 23.0 Å². The number of pyridine rings is 1. The van der Waals surface area contributed by atoms with Crippen LogP contribution >= 0.6 is 11.6 Å². The zero-order valence-corrected chi connectivity index (χ0v) is 11.3. The summed E-state index contributed by atoms with van der Waals surface area (Å²) in [5, 5.41) is 4.40. The minimum absolute atomic E-state index is 0.301. The molecule has 0 amide bonds. The first-order valence-electron chi connectivity index (χ1n) is 5.84. The lowest BCUT2D eigenvalue weighted by atomic mass is 10.1. The van der Waals surface area contributed by atoms with E-state index in [4.69, 9.17) is 17.3 Å². The van der Waals surface area contributed by atoms with Gasteiger partial charge in [0.05, 0.1) is 34.2 Å². The van der Waals surface area contributed by atoms with Gasteiger partial charge in [0.1, 0.15) is 0 Å². The van der Waals surface area contributed by atoms with Gasteiger partial charge in [-0.05, 0) is 19.1 Å². The van der Waals surface area contributed by atoms with Crippen LogP contribution in [0.5, 0.6) is 0 Å². The first-order valence-corrected chi connectivity index (χ1v) is 6.22. The summed E-state index contributed by atoms with van der Waals surface area (Å²) < 4.78 is 39.0. The van der Waals surface area contributed by atoms with Gasteiger partial charge in [0.15, 0.2) is 0 Å². The van der Waals surface area contributed by atoms with Gasteiger partial charge in [0, 0.05) is 12.7 Å². The average Bonchev–Trinajstić information content (AvgIpc) is 2.78. The predicted molar refractivity (Wildman–Crippen MR) is 68.2 cm³/mol. The molecule has 2 aromatic rings. The van der Waals surface area contributed by atoms with Crippen LogP contribution in [0.1, 0.15) is 29.9 Å². The number of alkyl halides is 3. The second-order valence-electron chi connectivity index (χ2n) is 4.14. The fourth-order valence-corrected chi connectivity index (χ4v) is 2.09. The molecule has 0 saturated carbocycles. The number of hydrogen-bond acceptors (Lipinski definition) is 3. The third-order valence-corrected chi connectivity index (χ3v) is 3.15. The number of rotatable bonds is 3. The molecule has 0 aliphatic heterocycles. The second kappa shape index (κ2) is 5.41. The Morgan fingerprint density at radius 2 is 2.05 bits per heavy atom. The molecule has 0 fully saturated rings. The Morgan fingerprint density at radius 1 is 1.35 bits per heavy atom. The summed E-state index contributed by atoms with van der Waals surface area (Å²) in [6.45, 7) is 2.41. The SMILES string of the molecule is CCn1ncc(Cl)c1C(N)c1ccc(C(F)(F)F)cn1. The number of nitrogens with zero attached hydrogens (tertiary/aromatic N) is 3. The predicted octanol–water partition coefficient (Wildman–Crippen LogP) is 3.02. The first kappa shape index (κ1) is 14.8. The molecule has 1 atom stereocenters. The monoisotopic (exact) mass is 304 g/mol. The van der Waals surface area contributed by atoms with E-state index in [1.54, 1.807) is 4.68 Å². The number of aryl methyl sites for hydroxylation is 1. The Balaban J connectivity index is 2.34. The van der Waals surface area contributed by atoms with E-state index >= 15 is 0 Å². The molecule has 8 heteroatoms. The summed E-state index contributed by atoms with van der Waals surface area (Å²) in [4.78, 5) is 3.77. The van der Waals surface area contributed by atoms with Gasteiger partial charge in [-0.2, -0.15) is 18.3 Å². The molecule has 0 saturated heterocycles. The van der Waals surface area contributed by atoms with E-state index < -0.39 is 17.8 Å². The Morgan fingerprint density at radius 3 is 2.55 bits per heavy atom. The number of hydrogen-bond donors (Lipinski definition) is 1. The van der Waals surface area contributed by atoms with Crippen LogP contribution < -0.4 is 5.73 Å². The molecule has 2 rings (SSSR count). The van der Waals surface area contributed by atoms with Crippen LogP contribution in [0, 0.1) is 0 Å². The average molecular weight is 305 g/mol. The topological polar surface area (TPSA) is 56.7 Å². The Hall–Kier alpha value is -1.60. The van der Waals surface area contributed by atoms with Crippen molar-refractivity contribution in [3.05, 3.63) is 46.5 Å². The lowest BCUT2D eigenvalue weighted by Crippen LogP contribution is -2.19. The fraction of sp³-hybridized carbons (Fsp3) is 0.333. The van der Waals surface area contributed by atoms with E-state index in [9.17, 15) is 13.2 Å². The Labute approximate surface area is 118 Å². The van der Waals surface area contributed by atoms with Crippen molar-refractivity contribution in [1.82, 2.24) is 14.8 Å². The van der Waals surface area contributed by atoms with E-state index in [-0.39, 0.29) is 0 Å². The molecule has 2 heterocycles. The largest absolute Gasteiger partial charge is 0.417 e. The molecule has 0 aromatic carbocycles. The summed E-state index contributed by atoms with van der Waals surface area (Å²) in [6, 6.07) is 1.46. The van der Waals surface area contributed by atoms with Gasteiger partial charge in [-0.1, -0.05) is 11.6 Å². The lowest BCUT2D eigenvalue weighted by Gasteiger charge is -2.14. The summed E-state index contributed by atoms with van der Waals surface area (Å²) in [7, 11) is 0. The lowest BCUT2D eigenvalue weighted by molar-refractivity contribution is -0.137. The minimum Gasteiger partial charge on any atom is -0.318 e. The van der Waals surface area contributed by atoms with Crippen LogP contribution in [0.3, 0.4) is 0 Å². The molecule has 0 spiro atoms. The Bertz CT molecular complexity index is 592. The van der Waals surface area contributed by atoms with Crippen molar-refractivity contribution < 1.29 is 13.2 Å². The highest BCUT2D eigenvalue weighted by Crippen LogP contribution is 2.30. The van der Waals surface area contributed by atoms with Gasteiger partial charge in [-0.25, -0.2) is 0 Å². The normalized spacial score (nSPS) is 13.5. The van der Waals surface area contributed by atoms with Crippen molar-refractivity contribution in [3.63, 3.8) is 0 Å². The van der Waals surface area contributed by atoms with Crippen molar-refractivity contribution in [1.29, 1.82) is 0 Å². The molecule has 4 nitrogen and oxygen atoms in total. The van der Waals surface area contributed by atoms with Gasteiger partial charge >= 0.3 is 6.18 Å². The quantitative estimate of drug-likeness (QED) is 0.948. The smallest absolute Gasteiger partial charge is 0.318 e. The molecule has 1 unspecified atom stereocenters. The molecule has 108 valence electrons. The summed E-state index contributed by atoms with van der Waals surface area (Å²) in [5.41, 5.74) is 6.02. The molecule has 0 bridgehead atoms. The third-order valence-electron chi connectivity index (χ3n) is 2.86. The molecule has 20 heavy (non-hydrogen) atoms. The van der Waals surface area contributed by atoms with Crippen molar-refractivity contribution in [2.24, 2.45) is 5.73 Å². The van der Waals surface area contributed by atoms with Crippen molar-refractivity contribution in [3.8, 4) is 0 Å². The summed E-state index contributed by atoms with van der Waals surface area (Å²) in [5.74, 6) is 0. The van der Waals surface area contributed by atoms with Gasteiger partial charge in [-0.3, -0.25) is 9.67 Å². The molecule has 0 aliphatic carbocycles. The van der Waals surface area contributed by atoms with Crippen LogP contribution in [-0.4, -0.2) is 14.8 Å². The molecule has 0 aliphatic rings. The highest BCUT2D eigenvalue weighted by molar-refractivity contribution is 6.31. The summed E-state index contributed by atoms with van der Waals surface area (Å²) in [6.07, 6.45) is -2.21. The van der Waals surface area contributed by atoms with Crippen LogP contribution in [-0.2, 0) is 12.7 Å². The number of halogens is 4. The zero-order chi connectivity index (χ0) is 14.9. The first-order chi connectivity index (χ1) is 9.34. The molecule has 2 aromatic heterocycles. The van der Waals surface area contributed by atoms with Gasteiger partial charge in [0.25, 0.3) is 0 Å². The van der Waals surface area contributed by atoms with E-state index in [1.807, 2.05) is 6.92 Å². The van der Waals surface area contributed by atoms with Crippen LogP contribution in [0.4, 0.5) is 13.2 Å². The van der Waals surface area contributed by atoms with Crippen molar-refractivity contribution >= 4 is 11.6 Å². The maximum absolute atomic E-state index is 12.5. The van der Waals surface area contributed by atoms with E-state index in [1.165, 1.54) is 12.3 Å². The van der Waals surface area contributed by atoms with Crippen LogP contribution in [0.15, 0.2) is 24.5 Å². The fourth-order valence-electron chi connectivity index (χ4n) is 1.83. The molecular weight excluding hydrogens is 293 g/mol. The standard InChI is InChI=1S/C12H12ClF3N4/c1-2-20-11(8(13)6-19-20)10(17)9-4-3-7(5-18-9)12(14,15)16/h3-6,10H,2,17H2,1H3. The Kier molecular flexibility index (Phi) is 4.01. The highest BCUT2D eigenvalue weighted by Gasteiger charge is 2.31. The molecule has 2 N–H and O–H groups in total. The molecule has 0 radical (unpaired) electrons. The summed E-state index contributed by atoms with van der Waals surface area (Å²) >= 11 is 6.00. The van der Waals surface area contributed by atoms with Gasteiger partial charge in [0.2, 0.25) is 0 Å². The zero-order valence-electron chi connectivity index (χ0n) is 10.5. The maximum atomic E-state index is 12.5. The number of nitrogens with two attached hydrogens (primary N) is 1. The van der Waals surface area contributed by atoms with Gasteiger partial charge < -0.3 is 5.73 Å². The van der Waals surface area contributed by atoms with Crippen LogP contribution in [0.25, 0.3) is 0 Å². The maximum Gasteiger partial charge on any atom is 0.417 e. The minimum atomic E-state index is -4.42. The highest BCUT2D eigenvalue weighted by atomic mass is 35.5. The van der Waals surface area contributed by atoms with E-state index in [0.717, 1.165) is 12.3 Å². The molecular formula is C12H12ClF3N4. The van der Waals surface area contributed by atoms with E-state index in [2.05, 4.69) is 10.1 Å². The van der Waals surface area contributed by atoms with Crippen molar-refractivity contribution in [2.75, 3.05) is 0 Å². The van der Waals surface area contributed by atoms with Gasteiger partial charge in [-0.15, -0.1) is 0 Å². The number of aromatic nitrogens is 3. The van der Waals surface area contributed by atoms with Crippen molar-refractivity contribution in [2.45, 2.75) is 25.7 Å².